The maximum atomic E-state index is 13.6. The Bertz CT molecular complexity index is 3500. The first kappa shape index (κ1) is 51.6. The largest absolute Gasteiger partial charge is 0.380 e. The average Bonchev–Trinajstić information content (AvgIpc) is 4.38. The number of aryl methyl sites for hydroxylation is 2. The Morgan fingerprint density at radius 2 is 1.05 bits per heavy atom. The van der Waals surface area contributed by atoms with Crippen molar-refractivity contribution in [2.75, 3.05) is 69.0 Å². The van der Waals surface area contributed by atoms with Crippen LogP contribution in [-0.2, 0) is 27.1 Å². The Kier molecular flexibility index (Phi) is 14.4. The van der Waals surface area contributed by atoms with E-state index >= 15 is 0 Å². The third-order valence-electron chi connectivity index (χ3n) is 15.6. The molecule has 4 aromatic carbocycles. The van der Waals surface area contributed by atoms with Gasteiger partial charge in [0.2, 0.25) is 0 Å². The smallest absolute Gasteiger partial charge is 0.298 e. The second-order valence-electron chi connectivity index (χ2n) is 21.7. The summed E-state index contributed by atoms with van der Waals surface area (Å²) in [6.45, 7) is 7.01. The van der Waals surface area contributed by atoms with Gasteiger partial charge < -0.3 is 35.1 Å². The van der Waals surface area contributed by atoms with Gasteiger partial charge in [-0.25, -0.2) is 28.1 Å². The van der Waals surface area contributed by atoms with Gasteiger partial charge in [0.05, 0.1) is 84.8 Å². The summed E-state index contributed by atoms with van der Waals surface area (Å²) >= 11 is 0. The minimum atomic E-state index is -0.197. The number of ether oxygens (including phenoxy) is 2. The van der Waals surface area contributed by atoms with E-state index in [1.54, 1.807) is 49.5 Å². The average molecular weight is 1070 g/mol. The van der Waals surface area contributed by atoms with Crippen LogP contribution < -0.4 is 32.0 Å². The van der Waals surface area contributed by atoms with E-state index < -0.39 is 0 Å². The van der Waals surface area contributed by atoms with E-state index in [1.807, 2.05) is 83.9 Å². The van der Waals surface area contributed by atoms with Crippen molar-refractivity contribution in [2.24, 2.45) is 16.6 Å². The van der Waals surface area contributed by atoms with E-state index in [0.717, 1.165) is 125 Å². The molecule has 8 heterocycles. The molecule has 2 aliphatic carbocycles. The van der Waals surface area contributed by atoms with Crippen molar-refractivity contribution in [3.63, 3.8) is 0 Å². The molecule has 2 saturated carbocycles. The van der Waals surface area contributed by atoms with Crippen LogP contribution in [0.2, 0.25) is 0 Å². The van der Waals surface area contributed by atoms with E-state index in [4.69, 9.17) is 20.2 Å². The van der Waals surface area contributed by atoms with Crippen molar-refractivity contribution in [1.82, 2.24) is 54.4 Å². The summed E-state index contributed by atoms with van der Waals surface area (Å²) in [6, 6.07) is 29.3. The van der Waals surface area contributed by atoms with Gasteiger partial charge in [0.15, 0.2) is 11.6 Å². The molecule has 14 rings (SSSR count). The van der Waals surface area contributed by atoms with Crippen LogP contribution in [0.15, 0.2) is 144 Å². The maximum Gasteiger partial charge on any atom is 0.298 e. The molecule has 3 N–H and O–H groups in total. The van der Waals surface area contributed by atoms with Crippen LogP contribution in [0.4, 0.5) is 20.4 Å². The van der Waals surface area contributed by atoms with Gasteiger partial charge in [-0.05, 0) is 123 Å². The summed E-state index contributed by atoms with van der Waals surface area (Å²) in [5, 5.41) is 19.3. The highest BCUT2D eigenvalue weighted by atomic mass is 19.1. The van der Waals surface area contributed by atoms with Gasteiger partial charge in [0, 0.05) is 80.3 Å². The number of carbonyl (C=O) groups is 1. The Morgan fingerprint density at radius 1 is 0.608 bits per heavy atom. The number of anilines is 2. The molecule has 4 aromatic heterocycles. The molecule has 4 aliphatic heterocycles. The van der Waals surface area contributed by atoms with E-state index in [0.29, 0.717) is 48.4 Å². The summed E-state index contributed by atoms with van der Waals surface area (Å²) in [4.78, 5) is 51.1. The van der Waals surface area contributed by atoms with E-state index in [-0.39, 0.29) is 33.6 Å². The first-order valence-corrected chi connectivity index (χ1v) is 26.8. The number of aldehydes is 1. The van der Waals surface area contributed by atoms with Crippen molar-refractivity contribution in [2.45, 2.75) is 62.4 Å². The van der Waals surface area contributed by atoms with Crippen LogP contribution in [0.25, 0.3) is 22.7 Å². The van der Waals surface area contributed by atoms with Crippen LogP contribution in [0.3, 0.4) is 0 Å². The zero-order valence-electron chi connectivity index (χ0n) is 43.4. The third-order valence-corrected chi connectivity index (χ3v) is 15.6. The number of nitrogens with zero attached hydrogens (tertiary/aromatic N) is 12. The van der Waals surface area contributed by atoms with Gasteiger partial charge in [-0.2, -0.15) is 0 Å². The number of rotatable bonds is 16. The Balaban J connectivity index is 0.000000136. The Labute approximate surface area is 453 Å². The van der Waals surface area contributed by atoms with Gasteiger partial charge in [-0.3, -0.25) is 18.7 Å². The SMILES string of the molecule is N[C@@H]1C[C@H]1c1ccc(F)cc1.O=CCCc1cn(-c2ccc(-n3ccnn3)cc2)c(=O)c(N2CC3(COC3)C2)n1.O=c1c(N2CC3(COC3)C2)nc(CCCN[C@@H]2C[C@H]2c2ccc(F)cc2)cn1-c1ccc(-n2ccnn2)cc1. The highest BCUT2D eigenvalue weighted by molar-refractivity contribution is 5.51. The van der Waals surface area contributed by atoms with Crippen molar-refractivity contribution >= 4 is 17.9 Å². The maximum absolute atomic E-state index is 13.6. The van der Waals surface area contributed by atoms with Crippen molar-refractivity contribution < 1.29 is 23.0 Å². The van der Waals surface area contributed by atoms with Gasteiger partial charge in [-0.15, -0.1) is 10.2 Å². The summed E-state index contributed by atoms with van der Waals surface area (Å²) in [5.74, 6) is 1.51. The topological polar surface area (TPSA) is 211 Å². The zero-order chi connectivity index (χ0) is 54.1. The number of hydrogen-bond donors (Lipinski definition) is 2. The summed E-state index contributed by atoms with van der Waals surface area (Å²) in [7, 11) is 0. The molecule has 79 heavy (non-hydrogen) atoms. The monoisotopic (exact) mass is 1070 g/mol. The molecule has 19 nitrogen and oxygen atoms in total. The summed E-state index contributed by atoms with van der Waals surface area (Å²) in [5.41, 5.74) is 12.9. The lowest BCUT2D eigenvalue weighted by molar-refractivity contribution is -0.127. The van der Waals surface area contributed by atoms with Gasteiger partial charge >= 0.3 is 0 Å². The van der Waals surface area contributed by atoms with Gasteiger partial charge in [-0.1, -0.05) is 34.7 Å². The number of hydrogen-bond acceptors (Lipinski definition) is 15. The lowest BCUT2D eigenvalue weighted by Crippen LogP contribution is -2.67. The van der Waals surface area contributed by atoms with E-state index in [2.05, 4.69) is 35.8 Å². The fourth-order valence-corrected chi connectivity index (χ4v) is 10.9. The number of carbonyl (C=O) groups excluding carboxylic acids is 1. The third kappa shape index (κ3) is 11.3. The lowest BCUT2D eigenvalue weighted by Gasteiger charge is -2.55. The minimum Gasteiger partial charge on any atom is -0.380 e. The van der Waals surface area contributed by atoms with Crippen LogP contribution in [0.1, 0.15) is 60.0 Å². The van der Waals surface area contributed by atoms with Crippen LogP contribution in [-0.4, -0.2) is 127 Å². The van der Waals surface area contributed by atoms with Crippen molar-refractivity contribution in [1.29, 1.82) is 0 Å². The molecule has 4 atom stereocenters. The molecule has 6 aliphatic rings. The molecule has 21 heteroatoms. The molecule has 0 unspecified atom stereocenters. The number of nitrogens with two attached hydrogens (primary N) is 1. The van der Waals surface area contributed by atoms with Crippen molar-refractivity contribution in [3.8, 4) is 22.7 Å². The molecule has 8 aromatic rings. The number of halogens is 2. The number of benzene rings is 4. The normalized spacial score (nSPS) is 20.6. The predicted molar refractivity (Wildman–Crippen MR) is 290 cm³/mol. The summed E-state index contributed by atoms with van der Waals surface area (Å²) < 4.78 is 43.1. The minimum absolute atomic E-state index is 0.111. The quantitative estimate of drug-likeness (QED) is 0.0931. The van der Waals surface area contributed by atoms with E-state index in [9.17, 15) is 23.2 Å². The fraction of sp³-hybridized carbons (Fsp3) is 0.362. The first-order chi connectivity index (χ1) is 38.5. The van der Waals surface area contributed by atoms with Gasteiger partial charge in [0.25, 0.3) is 11.1 Å². The first-order valence-electron chi connectivity index (χ1n) is 26.8. The number of aromatic nitrogens is 10. The lowest BCUT2D eigenvalue weighted by atomic mass is 9.78. The highest BCUT2D eigenvalue weighted by Crippen LogP contribution is 2.42. The Hall–Kier alpha value is -8.11. The van der Waals surface area contributed by atoms with Gasteiger partial charge in [0.1, 0.15) is 17.9 Å². The highest BCUT2D eigenvalue weighted by Gasteiger charge is 2.51. The predicted octanol–water partition coefficient (Wildman–Crippen LogP) is 5.29. The second kappa shape index (κ2) is 22.0. The molecule has 0 radical (unpaired) electrons. The zero-order valence-corrected chi connectivity index (χ0v) is 43.4. The van der Waals surface area contributed by atoms with Crippen LogP contribution >= 0.6 is 0 Å². The number of nitrogens with one attached hydrogen (secondary N) is 1. The molecule has 6 fully saturated rings. The fourth-order valence-electron chi connectivity index (χ4n) is 10.9. The molecule has 406 valence electrons. The van der Waals surface area contributed by atoms with Crippen molar-refractivity contribution in [3.05, 3.63) is 189 Å². The summed E-state index contributed by atoms with van der Waals surface area (Å²) in [6.07, 6.45) is 15.9. The molecular formula is C58H60F2N14O5. The molecule has 0 bridgehead atoms. The standard InChI is InChI=1S/C29H30FN7O2.C20H20N6O3.C9H10FN/c30-21-5-3-20(4-6-21)25-14-26(25)31-11-1-2-22-15-36(23-7-9-24(10-8-23)37-13-12-32-34-37)28(38)27(33-22)35-16-29(17-35)18-39-19-29;27-9-1-2-15-10-25(16-3-5-17(6-4-16)26-8-7-21-23-26)19(28)18(22-15)24-11-20(12-24)13-29-14-20;10-7-3-1-6(2-4-7)8-5-9(8)11/h3-10,12-13,15,25-26,31H,1-2,11,14,16-19H2;3-10H,1-2,11-14H2;1-4,8-9H,5,11H2/t25-,26+;;8-,9+/m0.0/s1. The van der Waals surface area contributed by atoms with Crippen LogP contribution in [0.5, 0.6) is 0 Å². The molecule has 4 saturated heterocycles. The second-order valence-corrected chi connectivity index (χ2v) is 21.7. The molecule has 0 amide bonds. The van der Waals surface area contributed by atoms with Crippen LogP contribution in [0, 0.1) is 22.5 Å². The Morgan fingerprint density at radius 3 is 1.46 bits per heavy atom. The van der Waals surface area contributed by atoms with E-state index in [1.165, 1.54) is 35.4 Å². The molecular weight excluding hydrogens is 1010 g/mol. The molecule has 2 spiro atoms.